The molecule has 27 heavy (non-hydrogen) atoms. The maximum absolute atomic E-state index is 13.3. The lowest BCUT2D eigenvalue weighted by Gasteiger charge is -2.22. The van der Waals surface area contributed by atoms with Crippen molar-refractivity contribution >= 4 is 41.1 Å². The second kappa shape index (κ2) is 7.39. The van der Waals surface area contributed by atoms with Gasteiger partial charge in [-0.2, -0.15) is 0 Å². The molecule has 2 aromatic heterocycles. The number of amides is 2. The number of allylic oxidation sites excluding steroid dienone is 1. The third-order valence-electron chi connectivity index (χ3n) is 4.07. The molecule has 132 valence electrons. The summed E-state index contributed by atoms with van der Waals surface area (Å²) in [6.07, 6.45) is 8.39. The molecule has 6 heteroatoms. The number of fused-ring (bicyclic) bond motifs is 1. The fourth-order valence-corrected chi connectivity index (χ4v) is 3.49. The molecule has 0 saturated heterocycles. The standard InChI is InChI=1S/C21H15N3O2S/c25-20(16-5-4-11-22-13-16)24(17-6-2-1-3-7-17)21(26)18-9-8-15-10-12-27-19(15)14-23-18/h1-14,23H. The Morgan fingerprint density at radius 3 is 2.59 bits per heavy atom. The third kappa shape index (κ3) is 3.43. The molecule has 0 aliphatic carbocycles. The third-order valence-corrected chi connectivity index (χ3v) is 4.95. The van der Waals surface area contributed by atoms with Crippen molar-refractivity contribution in [3.05, 3.63) is 93.4 Å². The van der Waals surface area contributed by atoms with Crippen molar-refractivity contribution in [2.24, 2.45) is 0 Å². The number of carbonyl (C=O) groups excluding carboxylic acids is 2. The van der Waals surface area contributed by atoms with Crippen LogP contribution < -0.4 is 20.0 Å². The van der Waals surface area contributed by atoms with Gasteiger partial charge >= 0.3 is 0 Å². The Kier molecular flexibility index (Phi) is 4.63. The van der Waals surface area contributed by atoms with Crippen molar-refractivity contribution < 1.29 is 9.59 Å². The van der Waals surface area contributed by atoms with Crippen LogP contribution in [-0.4, -0.2) is 16.8 Å². The monoisotopic (exact) mass is 373 g/mol. The summed E-state index contributed by atoms with van der Waals surface area (Å²) in [5.41, 5.74) is 1.16. The number of hydrogen-bond acceptors (Lipinski definition) is 5. The van der Waals surface area contributed by atoms with Crippen molar-refractivity contribution in [3.8, 4) is 0 Å². The second-order valence-corrected chi connectivity index (χ2v) is 6.75. The SMILES string of the molecule is O=C(C1=CC=c2ccsc2=CN1)N(C(=O)c1cccnc1)c1ccccc1. The Bertz CT molecular complexity index is 1130. The van der Waals surface area contributed by atoms with E-state index in [1.54, 1.807) is 66.2 Å². The second-order valence-electron chi connectivity index (χ2n) is 5.80. The van der Waals surface area contributed by atoms with Gasteiger partial charge in [-0.3, -0.25) is 14.6 Å². The van der Waals surface area contributed by atoms with Crippen LogP contribution in [0.4, 0.5) is 5.69 Å². The van der Waals surface area contributed by atoms with Gasteiger partial charge in [0.05, 0.1) is 15.8 Å². The van der Waals surface area contributed by atoms with Crippen LogP contribution in [0.3, 0.4) is 0 Å². The molecular formula is C21H15N3O2S. The summed E-state index contributed by atoms with van der Waals surface area (Å²) in [5.74, 6) is -0.862. The lowest BCUT2D eigenvalue weighted by Crippen LogP contribution is -2.40. The van der Waals surface area contributed by atoms with Gasteiger partial charge in [-0.25, -0.2) is 4.90 Å². The van der Waals surface area contributed by atoms with Crippen molar-refractivity contribution in [3.63, 3.8) is 0 Å². The van der Waals surface area contributed by atoms with E-state index >= 15 is 0 Å². The summed E-state index contributed by atoms with van der Waals surface area (Å²) in [4.78, 5) is 31.5. The maximum atomic E-state index is 13.3. The van der Waals surface area contributed by atoms with E-state index in [0.717, 1.165) is 14.7 Å². The minimum atomic E-state index is -0.433. The van der Waals surface area contributed by atoms with Crippen molar-refractivity contribution in [2.75, 3.05) is 4.90 Å². The molecule has 0 spiro atoms. The molecule has 5 nitrogen and oxygen atoms in total. The molecule has 1 aliphatic rings. The number of imide groups is 1. The molecule has 0 fully saturated rings. The average molecular weight is 373 g/mol. The van der Waals surface area contributed by atoms with Gasteiger partial charge in [0.2, 0.25) is 0 Å². The number of nitrogens with one attached hydrogen (secondary N) is 1. The van der Waals surface area contributed by atoms with Crippen LogP contribution in [-0.2, 0) is 4.79 Å². The summed E-state index contributed by atoms with van der Waals surface area (Å²) in [6, 6.07) is 14.2. The quantitative estimate of drug-likeness (QED) is 0.714. The Labute approximate surface area is 159 Å². The van der Waals surface area contributed by atoms with E-state index in [0.29, 0.717) is 16.9 Å². The minimum absolute atomic E-state index is 0.319. The first-order valence-electron chi connectivity index (χ1n) is 8.30. The first-order chi connectivity index (χ1) is 13.2. The van der Waals surface area contributed by atoms with Gasteiger partial charge in [0.25, 0.3) is 11.8 Å². The van der Waals surface area contributed by atoms with E-state index < -0.39 is 11.8 Å². The highest BCUT2D eigenvalue weighted by Crippen LogP contribution is 2.19. The molecule has 0 saturated carbocycles. The largest absolute Gasteiger partial charge is 0.356 e. The van der Waals surface area contributed by atoms with Crippen molar-refractivity contribution in [1.82, 2.24) is 10.3 Å². The van der Waals surface area contributed by atoms with Crippen molar-refractivity contribution in [1.29, 1.82) is 0 Å². The van der Waals surface area contributed by atoms with Crippen LogP contribution in [0.5, 0.6) is 0 Å². The number of anilines is 1. The first-order valence-corrected chi connectivity index (χ1v) is 9.18. The van der Waals surface area contributed by atoms with Gasteiger partial charge in [0, 0.05) is 18.6 Å². The van der Waals surface area contributed by atoms with Crippen LogP contribution in [0.2, 0.25) is 0 Å². The fraction of sp³-hybridized carbons (Fsp3) is 0. The van der Waals surface area contributed by atoms with Crippen LogP contribution >= 0.6 is 11.3 Å². The van der Waals surface area contributed by atoms with Gasteiger partial charge in [-0.1, -0.05) is 24.3 Å². The average Bonchev–Trinajstić information content (AvgIpc) is 3.07. The van der Waals surface area contributed by atoms with E-state index in [-0.39, 0.29) is 0 Å². The highest BCUT2D eigenvalue weighted by molar-refractivity contribution is 7.07. The number of thiophene rings is 1. The van der Waals surface area contributed by atoms with Gasteiger partial charge in [-0.05, 0) is 47.0 Å². The van der Waals surface area contributed by atoms with Gasteiger partial charge in [-0.15, -0.1) is 11.3 Å². The summed E-state index contributed by atoms with van der Waals surface area (Å²) < 4.78 is 1.03. The zero-order valence-electron chi connectivity index (χ0n) is 14.2. The van der Waals surface area contributed by atoms with Crippen LogP contribution in [0.25, 0.3) is 12.3 Å². The van der Waals surface area contributed by atoms with Gasteiger partial charge in [0.15, 0.2) is 0 Å². The molecule has 1 aromatic carbocycles. The molecule has 1 N–H and O–H groups in total. The Morgan fingerprint density at radius 2 is 1.81 bits per heavy atom. The van der Waals surface area contributed by atoms with Gasteiger partial charge < -0.3 is 5.32 Å². The van der Waals surface area contributed by atoms with E-state index in [1.807, 2.05) is 23.6 Å². The number of aromatic nitrogens is 1. The smallest absolute Gasteiger partial charge is 0.281 e. The highest BCUT2D eigenvalue weighted by atomic mass is 32.1. The predicted molar refractivity (Wildman–Crippen MR) is 106 cm³/mol. The maximum Gasteiger partial charge on any atom is 0.281 e. The molecule has 0 radical (unpaired) electrons. The number of hydrogen-bond donors (Lipinski definition) is 1. The van der Waals surface area contributed by atoms with E-state index in [2.05, 4.69) is 10.3 Å². The molecule has 0 atom stereocenters. The minimum Gasteiger partial charge on any atom is -0.356 e. The summed E-state index contributed by atoms with van der Waals surface area (Å²) in [6.45, 7) is 0. The molecular weight excluding hydrogens is 358 g/mol. The molecule has 0 bridgehead atoms. The molecule has 3 heterocycles. The number of rotatable bonds is 3. The molecule has 4 rings (SSSR count). The highest BCUT2D eigenvalue weighted by Gasteiger charge is 2.27. The summed E-state index contributed by atoms with van der Waals surface area (Å²) in [5, 5.41) is 6.05. The van der Waals surface area contributed by atoms with Gasteiger partial charge in [0.1, 0.15) is 5.70 Å². The molecule has 0 unspecified atom stereocenters. The van der Waals surface area contributed by atoms with Crippen molar-refractivity contribution in [2.45, 2.75) is 0 Å². The number of pyridine rings is 1. The van der Waals surface area contributed by atoms with Crippen LogP contribution in [0.15, 0.2) is 78.1 Å². The molecule has 1 aliphatic heterocycles. The number of nitrogens with zero attached hydrogens (tertiary/aromatic N) is 2. The Balaban J connectivity index is 1.74. The summed E-state index contributed by atoms with van der Waals surface area (Å²) >= 11 is 1.58. The normalized spacial score (nSPS) is 12.4. The lowest BCUT2D eigenvalue weighted by molar-refractivity contribution is -0.114. The molecule has 3 aromatic rings. The molecule has 2 amide bonds. The van der Waals surface area contributed by atoms with Crippen LogP contribution in [0, 0.1) is 0 Å². The first kappa shape index (κ1) is 16.9. The predicted octanol–water partition coefficient (Wildman–Crippen LogP) is 2.02. The Morgan fingerprint density at radius 1 is 0.963 bits per heavy atom. The fourth-order valence-electron chi connectivity index (χ4n) is 2.73. The van der Waals surface area contributed by atoms with E-state index in [9.17, 15) is 9.59 Å². The zero-order chi connectivity index (χ0) is 18.6. The number of benzene rings is 1. The Hall–Kier alpha value is -3.51. The number of carbonyl (C=O) groups is 2. The topological polar surface area (TPSA) is 62.3 Å². The lowest BCUT2D eigenvalue weighted by atomic mass is 10.2. The number of para-hydroxylation sites is 1. The van der Waals surface area contributed by atoms with E-state index in [1.165, 1.54) is 6.20 Å². The summed E-state index contributed by atoms with van der Waals surface area (Å²) in [7, 11) is 0. The zero-order valence-corrected chi connectivity index (χ0v) is 15.0. The van der Waals surface area contributed by atoms with Crippen LogP contribution in [0.1, 0.15) is 10.4 Å². The van der Waals surface area contributed by atoms with E-state index in [4.69, 9.17) is 0 Å².